The molecule has 4 rings (SSSR count). The molecule has 0 aromatic carbocycles. The van der Waals surface area contributed by atoms with Gasteiger partial charge in [0.2, 0.25) is 0 Å². The van der Waals surface area contributed by atoms with Crippen LogP contribution < -0.4 is 0 Å². The number of thiophene rings is 1. The Kier molecular flexibility index (Phi) is 6.86. The lowest BCUT2D eigenvalue weighted by molar-refractivity contribution is 0.137. The zero-order valence-electron chi connectivity index (χ0n) is 17.7. The van der Waals surface area contributed by atoms with E-state index in [-0.39, 0.29) is 6.61 Å². The maximum Gasteiger partial charge on any atom is 0.149 e. The molecule has 0 saturated carbocycles. The Morgan fingerprint density at radius 1 is 1.23 bits per heavy atom. The topological polar surface area (TPSA) is 80.0 Å². The van der Waals surface area contributed by atoms with Crippen molar-refractivity contribution < 1.29 is 5.11 Å². The zero-order valence-corrected chi connectivity index (χ0v) is 18.6. The van der Waals surface area contributed by atoms with Crippen LogP contribution in [0.15, 0.2) is 30.7 Å². The molecule has 0 radical (unpaired) electrons. The number of piperidine rings is 1. The first-order valence-electron chi connectivity index (χ1n) is 10.8. The van der Waals surface area contributed by atoms with E-state index in [0.717, 1.165) is 50.3 Å². The summed E-state index contributed by atoms with van der Waals surface area (Å²) in [6.07, 6.45) is 9.63. The van der Waals surface area contributed by atoms with E-state index < -0.39 is 0 Å². The molecule has 4 heterocycles. The van der Waals surface area contributed by atoms with Gasteiger partial charge in [0.1, 0.15) is 12.4 Å². The summed E-state index contributed by atoms with van der Waals surface area (Å²) in [7, 11) is 0. The molecular weight excluding hydrogens is 396 g/mol. The summed E-state index contributed by atoms with van der Waals surface area (Å²) in [5, 5.41) is 18.1. The van der Waals surface area contributed by atoms with E-state index in [1.165, 1.54) is 15.3 Å². The van der Waals surface area contributed by atoms with Crippen molar-refractivity contribution in [2.45, 2.75) is 64.6 Å². The Balaban J connectivity index is 1.37. The highest BCUT2D eigenvalue weighted by atomic mass is 32.1. The van der Waals surface area contributed by atoms with E-state index in [2.05, 4.69) is 45.1 Å². The summed E-state index contributed by atoms with van der Waals surface area (Å²) in [6, 6.07) is 4.69. The second-order valence-electron chi connectivity index (χ2n) is 8.03. The summed E-state index contributed by atoms with van der Waals surface area (Å²) in [4.78, 5) is 13.8. The molecule has 160 valence electrons. The SMILES string of the molecule is CCc1cc(C2CCN(Cc3cn(Cc4ncccn4)nn3)[C@@H](C)C2)c(CCO)s1. The fraction of sp³-hybridized carbons (Fsp3) is 0.545. The first kappa shape index (κ1) is 21.1. The van der Waals surface area contributed by atoms with Gasteiger partial charge in [-0.25, -0.2) is 14.6 Å². The minimum Gasteiger partial charge on any atom is -0.396 e. The van der Waals surface area contributed by atoms with Gasteiger partial charge < -0.3 is 5.11 Å². The molecule has 0 aliphatic carbocycles. The third kappa shape index (κ3) is 4.94. The second-order valence-corrected chi connectivity index (χ2v) is 9.25. The number of likely N-dealkylation sites (tertiary alicyclic amines) is 1. The van der Waals surface area contributed by atoms with E-state index in [4.69, 9.17) is 0 Å². The second kappa shape index (κ2) is 9.76. The number of aryl methyl sites for hydroxylation is 1. The lowest BCUT2D eigenvalue weighted by Gasteiger charge is -2.37. The van der Waals surface area contributed by atoms with E-state index in [9.17, 15) is 5.11 Å². The third-order valence-electron chi connectivity index (χ3n) is 5.91. The van der Waals surface area contributed by atoms with E-state index in [1.54, 1.807) is 17.1 Å². The standard InChI is InChI=1S/C22H30N6OS/c1-3-19-12-20(21(30-19)6-10-29)17-5-9-27(16(2)11-17)13-18-14-28(26-25-18)15-22-23-7-4-8-24-22/h4,7-8,12,14,16-17,29H,3,5-6,9-11,13,15H2,1-2H3/t16-,17?/m0/s1. The number of aliphatic hydroxyl groups is 1. The number of nitrogens with zero attached hydrogens (tertiary/aromatic N) is 6. The lowest BCUT2D eigenvalue weighted by atomic mass is 9.85. The van der Waals surface area contributed by atoms with Crippen LogP contribution in [-0.2, 0) is 25.9 Å². The average Bonchev–Trinajstić information content (AvgIpc) is 3.37. The third-order valence-corrected chi connectivity index (χ3v) is 7.26. The van der Waals surface area contributed by atoms with E-state index >= 15 is 0 Å². The molecule has 8 heteroatoms. The summed E-state index contributed by atoms with van der Waals surface area (Å²) >= 11 is 1.88. The quantitative estimate of drug-likeness (QED) is 0.596. The molecule has 3 aromatic heterocycles. The average molecular weight is 427 g/mol. The Hall–Kier alpha value is -2.16. The predicted octanol–water partition coefficient (Wildman–Crippen LogP) is 3.04. The first-order valence-corrected chi connectivity index (χ1v) is 11.6. The smallest absolute Gasteiger partial charge is 0.149 e. The maximum absolute atomic E-state index is 9.45. The number of aliphatic hydroxyl groups excluding tert-OH is 1. The Morgan fingerprint density at radius 3 is 2.80 bits per heavy atom. The largest absolute Gasteiger partial charge is 0.396 e. The van der Waals surface area contributed by atoms with Crippen molar-refractivity contribution in [2.24, 2.45) is 0 Å². The molecule has 0 bridgehead atoms. The monoisotopic (exact) mass is 426 g/mol. The summed E-state index contributed by atoms with van der Waals surface area (Å²) in [5.41, 5.74) is 2.47. The highest BCUT2D eigenvalue weighted by Crippen LogP contribution is 2.38. The summed E-state index contributed by atoms with van der Waals surface area (Å²) in [6.45, 7) is 7.16. The van der Waals surface area contributed by atoms with Crippen molar-refractivity contribution in [3.05, 3.63) is 57.6 Å². The summed E-state index contributed by atoms with van der Waals surface area (Å²) in [5.74, 6) is 1.32. The van der Waals surface area contributed by atoms with Crippen molar-refractivity contribution in [1.82, 2.24) is 29.9 Å². The molecular formula is C22H30N6OS. The molecule has 1 aliphatic rings. The van der Waals surface area contributed by atoms with Crippen LogP contribution in [0.4, 0.5) is 0 Å². The molecule has 1 saturated heterocycles. The van der Waals surface area contributed by atoms with Crippen LogP contribution in [0.1, 0.15) is 59.4 Å². The van der Waals surface area contributed by atoms with Gasteiger partial charge in [0.25, 0.3) is 0 Å². The number of aromatic nitrogens is 5. The van der Waals surface area contributed by atoms with Crippen molar-refractivity contribution >= 4 is 11.3 Å². The maximum atomic E-state index is 9.45. The minimum absolute atomic E-state index is 0.231. The van der Waals surface area contributed by atoms with Gasteiger partial charge in [0.05, 0.1) is 11.9 Å². The molecule has 1 N–H and O–H groups in total. The molecule has 1 fully saturated rings. The van der Waals surface area contributed by atoms with Crippen molar-refractivity contribution in [1.29, 1.82) is 0 Å². The number of hydrogen-bond acceptors (Lipinski definition) is 7. The molecule has 0 spiro atoms. The van der Waals surface area contributed by atoms with Crippen LogP contribution in [0, 0.1) is 0 Å². The van der Waals surface area contributed by atoms with Crippen LogP contribution in [0.3, 0.4) is 0 Å². The van der Waals surface area contributed by atoms with Crippen LogP contribution in [0.2, 0.25) is 0 Å². The van der Waals surface area contributed by atoms with Gasteiger partial charge in [-0.3, -0.25) is 4.90 Å². The highest BCUT2D eigenvalue weighted by Gasteiger charge is 2.29. The molecule has 1 unspecified atom stereocenters. The fourth-order valence-corrected chi connectivity index (χ4v) is 5.49. The molecule has 7 nitrogen and oxygen atoms in total. The van der Waals surface area contributed by atoms with Crippen molar-refractivity contribution in [2.75, 3.05) is 13.2 Å². The normalized spacial score (nSPS) is 20.0. The van der Waals surface area contributed by atoms with Crippen LogP contribution in [0.5, 0.6) is 0 Å². The minimum atomic E-state index is 0.231. The predicted molar refractivity (Wildman–Crippen MR) is 117 cm³/mol. The van der Waals surface area contributed by atoms with Gasteiger partial charge in [-0.2, -0.15) is 0 Å². The first-order chi connectivity index (χ1) is 14.7. The van der Waals surface area contributed by atoms with Gasteiger partial charge in [0, 0.05) is 47.8 Å². The van der Waals surface area contributed by atoms with Gasteiger partial charge in [0.15, 0.2) is 0 Å². The van der Waals surface area contributed by atoms with Gasteiger partial charge in [-0.05, 0) is 56.3 Å². The molecule has 30 heavy (non-hydrogen) atoms. The molecule has 1 aliphatic heterocycles. The number of hydrogen-bond donors (Lipinski definition) is 1. The number of rotatable bonds is 8. The molecule has 2 atom stereocenters. The van der Waals surface area contributed by atoms with Crippen LogP contribution >= 0.6 is 11.3 Å². The van der Waals surface area contributed by atoms with Gasteiger partial charge in [-0.15, -0.1) is 16.4 Å². The van der Waals surface area contributed by atoms with E-state index in [0.29, 0.717) is 18.5 Å². The van der Waals surface area contributed by atoms with Gasteiger partial charge >= 0.3 is 0 Å². The lowest BCUT2D eigenvalue weighted by Crippen LogP contribution is -2.39. The van der Waals surface area contributed by atoms with Crippen LogP contribution in [0.25, 0.3) is 0 Å². The van der Waals surface area contributed by atoms with Crippen molar-refractivity contribution in [3.63, 3.8) is 0 Å². The fourth-order valence-electron chi connectivity index (χ4n) is 4.31. The van der Waals surface area contributed by atoms with Crippen molar-refractivity contribution in [3.8, 4) is 0 Å². The molecule has 3 aromatic rings. The Labute approximate surface area is 181 Å². The zero-order chi connectivity index (χ0) is 20.9. The van der Waals surface area contributed by atoms with Crippen LogP contribution in [-0.4, -0.2) is 54.2 Å². The molecule has 0 amide bonds. The van der Waals surface area contributed by atoms with E-state index in [1.807, 2.05) is 23.6 Å². The van der Waals surface area contributed by atoms with Gasteiger partial charge in [-0.1, -0.05) is 12.1 Å². The highest BCUT2D eigenvalue weighted by molar-refractivity contribution is 7.12. The summed E-state index contributed by atoms with van der Waals surface area (Å²) < 4.78 is 1.81. The Morgan fingerprint density at radius 2 is 2.07 bits per heavy atom. The Bertz CT molecular complexity index is 940.